The van der Waals surface area contributed by atoms with Crippen molar-refractivity contribution in [2.45, 2.75) is 59.8 Å². The van der Waals surface area contributed by atoms with E-state index in [2.05, 4.69) is 69.9 Å². The molecule has 0 spiro atoms. The molecule has 0 radical (unpaired) electrons. The van der Waals surface area contributed by atoms with E-state index < -0.39 is 0 Å². The molecule has 0 amide bonds. The summed E-state index contributed by atoms with van der Waals surface area (Å²) in [6.07, 6.45) is 5.15. The highest BCUT2D eigenvalue weighted by Crippen LogP contribution is 2.44. The van der Waals surface area contributed by atoms with Crippen LogP contribution in [0.1, 0.15) is 74.1 Å². The summed E-state index contributed by atoms with van der Waals surface area (Å²) in [6.45, 7) is 11.4. The number of benzene rings is 1. The van der Waals surface area contributed by atoms with Crippen molar-refractivity contribution >= 4 is 22.6 Å². The molecule has 1 aromatic carbocycles. The lowest BCUT2D eigenvalue weighted by Crippen LogP contribution is -2.26. The lowest BCUT2D eigenvalue weighted by atomic mass is 9.72. The molecule has 0 aliphatic heterocycles. The van der Waals surface area contributed by atoms with E-state index in [0.29, 0.717) is 17.3 Å². The molecule has 0 fully saturated rings. The summed E-state index contributed by atoms with van der Waals surface area (Å²) in [5.74, 6) is 1.21. The van der Waals surface area contributed by atoms with Crippen molar-refractivity contribution < 1.29 is 0 Å². The molecule has 1 atom stereocenters. The van der Waals surface area contributed by atoms with Crippen LogP contribution in [0.2, 0.25) is 0 Å². The third-order valence-electron chi connectivity index (χ3n) is 5.52. The monoisotopic (exact) mass is 364 g/mol. The molecular weight excluding hydrogens is 336 g/mol. The van der Waals surface area contributed by atoms with Crippen LogP contribution in [0.25, 0.3) is 0 Å². The van der Waals surface area contributed by atoms with Gasteiger partial charge in [0.2, 0.25) is 0 Å². The molecule has 1 aliphatic carbocycles. The van der Waals surface area contributed by atoms with Crippen molar-refractivity contribution in [1.29, 1.82) is 5.26 Å². The standard InChI is InChI=1S/C23H28N2S/c1-15(2)17-8-6-16(7-9-17)14-25-22-20(13-24)19-11-10-18(23(3,4)5)12-21(19)26-22/h6-9,14-15,18H,10-12H2,1-5H3/t18-/m0/s1. The largest absolute Gasteiger partial charge is 0.244 e. The molecule has 1 aliphatic rings. The molecule has 1 aromatic heterocycles. The van der Waals surface area contributed by atoms with Crippen molar-refractivity contribution in [2.75, 3.05) is 0 Å². The summed E-state index contributed by atoms with van der Waals surface area (Å²) in [5.41, 5.74) is 4.78. The number of aliphatic imine (C=N–C) groups is 1. The Labute approximate surface area is 161 Å². The second kappa shape index (κ2) is 7.37. The topological polar surface area (TPSA) is 36.1 Å². The lowest BCUT2D eigenvalue weighted by molar-refractivity contribution is 0.218. The van der Waals surface area contributed by atoms with Crippen LogP contribution in [-0.2, 0) is 12.8 Å². The summed E-state index contributed by atoms with van der Waals surface area (Å²) in [4.78, 5) is 6.06. The van der Waals surface area contributed by atoms with Crippen molar-refractivity contribution in [3.63, 3.8) is 0 Å². The molecule has 3 heteroatoms. The smallest absolute Gasteiger partial charge is 0.134 e. The van der Waals surface area contributed by atoms with Gasteiger partial charge in [-0.05, 0) is 53.2 Å². The van der Waals surface area contributed by atoms with E-state index in [4.69, 9.17) is 0 Å². The highest BCUT2D eigenvalue weighted by atomic mass is 32.1. The van der Waals surface area contributed by atoms with Crippen LogP contribution in [0.3, 0.4) is 0 Å². The highest BCUT2D eigenvalue weighted by Gasteiger charge is 2.32. The molecule has 0 unspecified atom stereocenters. The number of fused-ring (bicyclic) bond motifs is 1. The molecule has 0 saturated heterocycles. The zero-order valence-electron chi connectivity index (χ0n) is 16.5. The van der Waals surface area contributed by atoms with Gasteiger partial charge in [0, 0.05) is 11.1 Å². The molecule has 136 valence electrons. The van der Waals surface area contributed by atoms with E-state index in [1.165, 1.54) is 22.4 Å². The summed E-state index contributed by atoms with van der Waals surface area (Å²) in [7, 11) is 0. The minimum atomic E-state index is 0.316. The molecule has 2 aromatic rings. The SMILES string of the molecule is CC(C)c1ccc(C=Nc2sc3c(c2C#N)CC[C@H](C(C)(C)C)C3)cc1. The van der Waals surface area contributed by atoms with E-state index >= 15 is 0 Å². The first-order chi connectivity index (χ1) is 12.3. The summed E-state index contributed by atoms with van der Waals surface area (Å²) < 4.78 is 0. The van der Waals surface area contributed by atoms with Crippen LogP contribution in [0.5, 0.6) is 0 Å². The van der Waals surface area contributed by atoms with Crippen molar-refractivity contribution in [2.24, 2.45) is 16.3 Å². The summed E-state index contributed by atoms with van der Waals surface area (Å²) in [5, 5.41) is 10.5. The average molecular weight is 365 g/mol. The Morgan fingerprint density at radius 2 is 1.92 bits per heavy atom. The zero-order valence-corrected chi connectivity index (χ0v) is 17.3. The fourth-order valence-electron chi connectivity index (χ4n) is 3.62. The molecule has 2 nitrogen and oxygen atoms in total. The van der Waals surface area contributed by atoms with Gasteiger partial charge in [-0.1, -0.05) is 58.9 Å². The minimum absolute atomic E-state index is 0.316. The number of thiophene rings is 1. The summed E-state index contributed by atoms with van der Waals surface area (Å²) >= 11 is 1.71. The maximum absolute atomic E-state index is 9.67. The van der Waals surface area contributed by atoms with Gasteiger partial charge in [0.25, 0.3) is 0 Å². The maximum atomic E-state index is 9.67. The molecule has 3 rings (SSSR count). The third kappa shape index (κ3) is 3.91. The van der Waals surface area contributed by atoms with Gasteiger partial charge in [0.1, 0.15) is 11.1 Å². The van der Waals surface area contributed by atoms with Crippen LogP contribution >= 0.6 is 11.3 Å². The van der Waals surface area contributed by atoms with E-state index in [1.54, 1.807) is 11.3 Å². The molecule has 1 heterocycles. The van der Waals surface area contributed by atoms with Gasteiger partial charge in [-0.3, -0.25) is 0 Å². The van der Waals surface area contributed by atoms with Crippen LogP contribution in [0.15, 0.2) is 29.3 Å². The first-order valence-corrected chi connectivity index (χ1v) is 10.3. The first kappa shape index (κ1) is 18.9. The van der Waals surface area contributed by atoms with Crippen LogP contribution in [-0.4, -0.2) is 6.21 Å². The molecule has 0 saturated carbocycles. The van der Waals surface area contributed by atoms with Crippen LogP contribution in [0.4, 0.5) is 5.00 Å². The second-order valence-corrected chi connectivity index (χ2v) is 9.76. The van der Waals surface area contributed by atoms with Crippen molar-refractivity contribution in [3.05, 3.63) is 51.4 Å². The van der Waals surface area contributed by atoms with E-state index in [1.807, 2.05) is 6.21 Å². The number of rotatable bonds is 3. The van der Waals surface area contributed by atoms with E-state index in [9.17, 15) is 5.26 Å². The molecule has 0 bridgehead atoms. The predicted octanol–water partition coefficient (Wildman–Crippen LogP) is 6.64. The molecule has 0 N–H and O–H groups in total. The van der Waals surface area contributed by atoms with Gasteiger partial charge < -0.3 is 0 Å². The fourth-order valence-corrected chi connectivity index (χ4v) is 4.84. The van der Waals surface area contributed by atoms with Gasteiger partial charge in [0.15, 0.2) is 0 Å². The Balaban J connectivity index is 1.85. The highest BCUT2D eigenvalue weighted by molar-refractivity contribution is 7.16. The Morgan fingerprint density at radius 3 is 2.50 bits per heavy atom. The van der Waals surface area contributed by atoms with Gasteiger partial charge in [0.05, 0.1) is 5.56 Å². The average Bonchev–Trinajstić information content (AvgIpc) is 2.96. The fraction of sp³-hybridized carbons (Fsp3) is 0.478. The quantitative estimate of drug-likeness (QED) is 0.562. The first-order valence-electron chi connectivity index (χ1n) is 9.48. The Bertz CT molecular complexity index is 842. The zero-order chi connectivity index (χ0) is 18.9. The number of hydrogen-bond donors (Lipinski definition) is 0. The molecular formula is C23H28N2S. The second-order valence-electron chi connectivity index (χ2n) is 8.68. The van der Waals surface area contributed by atoms with Gasteiger partial charge in [-0.25, -0.2) is 4.99 Å². The number of hydrogen-bond acceptors (Lipinski definition) is 3. The van der Waals surface area contributed by atoms with E-state index in [-0.39, 0.29) is 0 Å². The Hall–Kier alpha value is -1.92. The number of nitriles is 1. The van der Waals surface area contributed by atoms with Crippen molar-refractivity contribution in [3.8, 4) is 6.07 Å². The summed E-state index contributed by atoms with van der Waals surface area (Å²) in [6, 6.07) is 10.9. The van der Waals surface area contributed by atoms with Crippen LogP contribution < -0.4 is 0 Å². The lowest BCUT2D eigenvalue weighted by Gasteiger charge is -2.33. The Morgan fingerprint density at radius 1 is 1.23 bits per heavy atom. The maximum Gasteiger partial charge on any atom is 0.134 e. The van der Waals surface area contributed by atoms with Crippen LogP contribution in [0, 0.1) is 22.7 Å². The van der Waals surface area contributed by atoms with E-state index in [0.717, 1.165) is 29.0 Å². The van der Waals surface area contributed by atoms with Gasteiger partial charge in [-0.15, -0.1) is 11.3 Å². The van der Waals surface area contributed by atoms with Gasteiger partial charge in [-0.2, -0.15) is 5.26 Å². The predicted molar refractivity (Wildman–Crippen MR) is 112 cm³/mol. The van der Waals surface area contributed by atoms with Crippen molar-refractivity contribution in [1.82, 2.24) is 0 Å². The molecule has 26 heavy (non-hydrogen) atoms. The normalized spacial score (nSPS) is 17.5. The third-order valence-corrected chi connectivity index (χ3v) is 6.68. The Kier molecular flexibility index (Phi) is 5.34. The number of nitrogens with zero attached hydrogens (tertiary/aromatic N) is 2. The van der Waals surface area contributed by atoms with Gasteiger partial charge >= 0.3 is 0 Å². The minimum Gasteiger partial charge on any atom is -0.244 e.